The van der Waals surface area contributed by atoms with Gasteiger partial charge in [-0.1, -0.05) is 41.4 Å². The van der Waals surface area contributed by atoms with Crippen LogP contribution in [0.15, 0.2) is 60.7 Å². The van der Waals surface area contributed by atoms with E-state index in [9.17, 15) is 4.79 Å². The van der Waals surface area contributed by atoms with Gasteiger partial charge in [0, 0.05) is 32.9 Å². The van der Waals surface area contributed by atoms with E-state index in [-0.39, 0.29) is 12.1 Å². The number of nitrogens with one attached hydrogen (secondary N) is 1. The normalized spacial score (nSPS) is 15.5. The number of aryl methyl sites for hydroxylation is 1. The second kappa shape index (κ2) is 7.38. The molecular weight excluding hydrogens is 395 g/mol. The number of fused-ring (bicyclic) bond motifs is 1. The molecule has 28 heavy (non-hydrogen) atoms. The third kappa shape index (κ3) is 3.19. The van der Waals surface area contributed by atoms with E-state index in [1.165, 1.54) is 0 Å². The summed E-state index contributed by atoms with van der Waals surface area (Å²) in [5, 5.41) is 4.71. The molecule has 6 heteroatoms. The van der Waals surface area contributed by atoms with Crippen LogP contribution in [0.3, 0.4) is 0 Å². The van der Waals surface area contributed by atoms with E-state index in [0.29, 0.717) is 21.4 Å². The number of carbonyl (C=O) groups excluding carboxylic acids is 1. The molecule has 1 atom stereocenters. The van der Waals surface area contributed by atoms with Gasteiger partial charge < -0.3 is 10.1 Å². The maximum atomic E-state index is 13.2. The minimum atomic E-state index is -0.389. The molecule has 3 aromatic rings. The van der Waals surface area contributed by atoms with E-state index in [4.69, 9.17) is 27.9 Å². The molecule has 0 bridgehead atoms. The highest BCUT2D eigenvalue weighted by Gasteiger charge is 2.38. The van der Waals surface area contributed by atoms with Crippen LogP contribution < -0.4 is 15.0 Å². The topological polar surface area (TPSA) is 41.6 Å². The summed E-state index contributed by atoms with van der Waals surface area (Å²) in [6.45, 7) is 1.93. The molecule has 4 nitrogen and oxygen atoms in total. The molecule has 0 spiro atoms. The van der Waals surface area contributed by atoms with Gasteiger partial charge in [-0.05, 0) is 48.9 Å². The summed E-state index contributed by atoms with van der Waals surface area (Å²) in [5.41, 5.74) is 4.00. The quantitative estimate of drug-likeness (QED) is 0.564. The second-order valence-corrected chi connectivity index (χ2v) is 7.43. The zero-order valence-corrected chi connectivity index (χ0v) is 16.9. The largest absolute Gasteiger partial charge is 0.495 e. The monoisotopic (exact) mass is 412 g/mol. The lowest BCUT2D eigenvalue weighted by Gasteiger charge is -2.28. The summed E-state index contributed by atoms with van der Waals surface area (Å²) in [6.07, 6.45) is -0.389. The van der Waals surface area contributed by atoms with Gasteiger partial charge in [-0.3, -0.25) is 9.69 Å². The van der Waals surface area contributed by atoms with Gasteiger partial charge in [-0.15, -0.1) is 0 Å². The van der Waals surface area contributed by atoms with Crippen molar-refractivity contribution in [3.8, 4) is 5.75 Å². The maximum absolute atomic E-state index is 13.2. The molecule has 0 saturated carbocycles. The van der Waals surface area contributed by atoms with Gasteiger partial charge in [-0.25, -0.2) is 0 Å². The van der Waals surface area contributed by atoms with Crippen LogP contribution in [0.1, 0.15) is 27.7 Å². The number of methoxy groups -OCH3 is 1. The van der Waals surface area contributed by atoms with Crippen molar-refractivity contribution in [3.05, 3.63) is 87.4 Å². The molecule has 142 valence electrons. The van der Waals surface area contributed by atoms with E-state index in [1.807, 2.05) is 49.4 Å². The number of rotatable bonds is 4. The van der Waals surface area contributed by atoms with Crippen LogP contribution in [0.4, 0.5) is 11.4 Å². The lowest BCUT2D eigenvalue weighted by molar-refractivity contribution is 0.0993. The molecular formula is C22H18Cl2N2O2. The first-order chi connectivity index (χ1) is 13.5. The predicted octanol–water partition coefficient (Wildman–Crippen LogP) is 6.08. The SMILES string of the molecule is COc1cc(Cl)c(C)cc1N[C@H]1c2ccccc2C(=O)N1c1ccc(Cl)cc1. The standard InChI is InChI=1S/C22H18Cl2N2O2/c1-13-11-19(20(28-2)12-18(13)24)25-21-16-5-3-4-6-17(16)22(27)26(21)15-9-7-14(23)8-10-15/h3-12,21,25H,1-2H3/t21-/m1/s1. The van der Waals surface area contributed by atoms with Crippen molar-refractivity contribution >= 4 is 40.5 Å². The van der Waals surface area contributed by atoms with E-state index < -0.39 is 0 Å². The summed E-state index contributed by atoms with van der Waals surface area (Å²) in [4.78, 5) is 14.9. The molecule has 0 unspecified atom stereocenters. The van der Waals surface area contributed by atoms with Crippen LogP contribution in [0.2, 0.25) is 10.0 Å². The Morgan fingerprint density at radius 1 is 1.04 bits per heavy atom. The van der Waals surface area contributed by atoms with E-state index in [1.54, 1.807) is 30.2 Å². The van der Waals surface area contributed by atoms with E-state index in [2.05, 4.69) is 5.32 Å². The van der Waals surface area contributed by atoms with E-state index >= 15 is 0 Å². The van der Waals surface area contributed by atoms with Gasteiger partial charge in [0.1, 0.15) is 11.9 Å². The minimum absolute atomic E-state index is 0.0694. The van der Waals surface area contributed by atoms with Crippen molar-refractivity contribution in [3.63, 3.8) is 0 Å². The fraction of sp³-hybridized carbons (Fsp3) is 0.136. The molecule has 1 amide bonds. The predicted molar refractivity (Wildman–Crippen MR) is 114 cm³/mol. The lowest BCUT2D eigenvalue weighted by atomic mass is 10.1. The van der Waals surface area contributed by atoms with Crippen molar-refractivity contribution in [2.75, 3.05) is 17.3 Å². The van der Waals surface area contributed by atoms with Crippen molar-refractivity contribution in [2.24, 2.45) is 0 Å². The number of hydrogen-bond acceptors (Lipinski definition) is 3. The Morgan fingerprint density at radius 2 is 1.75 bits per heavy atom. The first-order valence-corrected chi connectivity index (χ1v) is 9.54. The van der Waals surface area contributed by atoms with Gasteiger partial charge in [0.05, 0.1) is 12.8 Å². The molecule has 0 fully saturated rings. The third-order valence-electron chi connectivity index (χ3n) is 4.84. The molecule has 1 aliphatic heterocycles. The summed E-state index contributed by atoms with van der Waals surface area (Å²) in [7, 11) is 1.59. The molecule has 3 aromatic carbocycles. The molecule has 4 rings (SSSR count). The molecule has 1 heterocycles. The van der Waals surface area contributed by atoms with Crippen molar-refractivity contribution in [2.45, 2.75) is 13.1 Å². The Morgan fingerprint density at radius 3 is 2.46 bits per heavy atom. The van der Waals surface area contributed by atoms with E-state index in [0.717, 1.165) is 22.5 Å². The summed E-state index contributed by atoms with van der Waals surface area (Å²) < 4.78 is 5.50. The number of anilines is 2. The van der Waals surface area contributed by atoms with Crippen LogP contribution in [0, 0.1) is 6.92 Å². The van der Waals surface area contributed by atoms with Crippen LogP contribution >= 0.6 is 23.2 Å². The smallest absolute Gasteiger partial charge is 0.260 e. The Bertz CT molecular complexity index is 1050. The van der Waals surface area contributed by atoms with Crippen molar-refractivity contribution in [1.29, 1.82) is 0 Å². The van der Waals surface area contributed by atoms with Gasteiger partial charge in [0.25, 0.3) is 5.91 Å². The van der Waals surface area contributed by atoms with Gasteiger partial charge >= 0.3 is 0 Å². The second-order valence-electron chi connectivity index (χ2n) is 6.59. The highest BCUT2D eigenvalue weighted by atomic mass is 35.5. The summed E-state index contributed by atoms with van der Waals surface area (Å²) in [6, 6.07) is 18.5. The number of nitrogens with zero attached hydrogens (tertiary/aromatic N) is 1. The summed E-state index contributed by atoms with van der Waals surface area (Å²) >= 11 is 12.3. The molecule has 1 N–H and O–H groups in total. The first-order valence-electron chi connectivity index (χ1n) is 8.78. The van der Waals surface area contributed by atoms with Crippen molar-refractivity contribution < 1.29 is 9.53 Å². The van der Waals surface area contributed by atoms with Crippen molar-refractivity contribution in [1.82, 2.24) is 0 Å². The average molecular weight is 413 g/mol. The fourth-order valence-corrected chi connectivity index (χ4v) is 3.70. The molecule has 1 aliphatic rings. The third-order valence-corrected chi connectivity index (χ3v) is 5.50. The number of halogens is 2. The Labute approximate surface area is 173 Å². The molecule has 0 radical (unpaired) electrons. The fourth-order valence-electron chi connectivity index (χ4n) is 3.42. The van der Waals surface area contributed by atoms with Crippen LogP contribution in [0.5, 0.6) is 5.75 Å². The Hall–Kier alpha value is -2.69. The Balaban J connectivity index is 1.81. The number of hydrogen-bond donors (Lipinski definition) is 1. The lowest BCUT2D eigenvalue weighted by Crippen LogP contribution is -2.32. The average Bonchev–Trinajstić information content (AvgIpc) is 2.97. The zero-order chi connectivity index (χ0) is 19.8. The number of benzene rings is 3. The molecule has 0 aromatic heterocycles. The summed E-state index contributed by atoms with van der Waals surface area (Å²) in [5.74, 6) is 0.545. The highest BCUT2D eigenvalue weighted by molar-refractivity contribution is 6.31. The van der Waals surface area contributed by atoms with Crippen LogP contribution in [0.25, 0.3) is 0 Å². The van der Waals surface area contributed by atoms with Crippen LogP contribution in [-0.2, 0) is 0 Å². The van der Waals surface area contributed by atoms with Gasteiger partial charge in [0.15, 0.2) is 0 Å². The molecule has 0 saturated heterocycles. The number of amides is 1. The van der Waals surface area contributed by atoms with Gasteiger partial charge in [-0.2, -0.15) is 0 Å². The first kappa shape index (κ1) is 18.7. The highest BCUT2D eigenvalue weighted by Crippen LogP contribution is 2.41. The minimum Gasteiger partial charge on any atom is -0.495 e. The van der Waals surface area contributed by atoms with Gasteiger partial charge in [0.2, 0.25) is 0 Å². The maximum Gasteiger partial charge on any atom is 0.260 e. The number of ether oxygens (including phenoxy) is 1. The molecule has 0 aliphatic carbocycles. The van der Waals surface area contributed by atoms with Crippen LogP contribution in [-0.4, -0.2) is 13.0 Å². The number of carbonyl (C=O) groups is 1. The zero-order valence-electron chi connectivity index (χ0n) is 15.4. The Kier molecular flexibility index (Phi) is 4.92.